The van der Waals surface area contributed by atoms with Crippen molar-refractivity contribution in [2.75, 3.05) is 13.2 Å². The van der Waals surface area contributed by atoms with E-state index in [2.05, 4.69) is 36.2 Å². The average Bonchev–Trinajstić information content (AvgIpc) is 3.73. The first-order valence-electron chi connectivity index (χ1n) is 17.9. The van der Waals surface area contributed by atoms with Crippen molar-refractivity contribution in [1.29, 1.82) is 0 Å². The highest BCUT2D eigenvalue weighted by atomic mass is 31.2. The summed E-state index contributed by atoms with van der Waals surface area (Å²) in [6.45, 7) is 6.94. The number of rotatable bonds is 8. The van der Waals surface area contributed by atoms with Gasteiger partial charge < -0.3 is 28.6 Å². The summed E-state index contributed by atoms with van der Waals surface area (Å²) in [4.78, 5) is 16.8. The van der Waals surface area contributed by atoms with Gasteiger partial charge in [0.15, 0.2) is 17.7 Å². The van der Waals surface area contributed by atoms with Crippen molar-refractivity contribution in [1.82, 2.24) is 4.98 Å². The Morgan fingerprint density at radius 3 is 2.28 bits per heavy atom. The number of H-pyrrole nitrogens is 1. The van der Waals surface area contributed by atoms with Crippen LogP contribution in [0.3, 0.4) is 0 Å². The number of ketones is 1. The average molecular weight is 696 g/mol. The van der Waals surface area contributed by atoms with E-state index in [4.69, 9.17) is 28.2 Å². The molecule has 2 saturated carbocycles. The molecule has 3 aliphatic carbocycles. The van der Waals surface area contributed by atoms with Crippen LogP contribution >= 0.6 is 8.60 Å². The number of aliphatic hydroxyl groups excluding tert-OH is 1. The predicted octanol–water partition coefficient (Wildman–Crippen LogP) is 8.80. The van der Waals surface area contributed by atoms with Crippen molar-refractivity contribution in [2.24, 2.45) is 17.3 Å². The van der Waals surface area contributed by atoms with Crippen molar-refractivity contribution in [3.8, 4) is 11.5 Å². The molecule has 1 saturated heterocycles. The fourth-order valence-electron chi connectivity index (χ4n) is 9.39. The molecule has 1 spiro atoms. The molecule has 6 unspecified atom stereocenters. The summed E-state index contributed by atoms with van der Waals surface area (Å²) < 4.78 is 29.9. The van der Waals surface area contributed by atoms with Crippen molar-refractivity contribution in [3.05, 3.63) is 108 Å². The summed E-state index contributed by atoms with van der Waals surface area (Å²) in [6.07, 6.45) is 7.43. The maximum absolute atomic E-state index is 13.0. The molecule has 1 aromatic heterocycles. The molecule has 0 amide bonds. The summed E-state index contributed by atoms with van der Waals surface area (Å²) in [7, 11) is -1.54. The van der Waals surface area contributed by atoms with Crippen LogP contribution in [0.2, 0.25) is 0 Å². The van der Waals surface area contributed by atoms with Crippen molar-refractivity contribution in [2.45, 2.75) is 82.7 Å². The molecule has 3 aromatic carbocycles. The fourth-order valence-corrected chi connectivity index (χ4v) is 10.4. The van der Waals surface area contributed by atoms with Gasteiger partial charge >= 0.3 is 8.60 Å². The van der Waals surface area contributed by atoms with Gasteiger partial charge in [-0.05, 0) is 111 Å². The van der Waals surface area contributed by atoms with Crippen LogP contribution < -0.4 is 9.05 Å². The number of carbonyl (C=O) groups is 1. The minimum absolute atomic E-state index is 0.0832. The Labute approximate surface area is 295 Å². The zero-order chi connectivity index (χ0) is 34.5. The third-order valence-corrected chi connectivity index (χ3v) is 12.6. The molecule has 8 nitrogen and oxygen atoms in total. The SMILES string of the molecule is CC1(C)OC23CCC4(C)C(CCC5Cc6c([nH]c7ccccc67)C54)C2=CC(=O)C1O3.OCCCOP(Oc1ccccc1)Oc1ccccc1. The molecule has 3 fully saturated rings. The van der Waals surface area contributed by atoms with Gasteiger partial charge in [0.05, 0.1) is 6.61 Å². The smallest absolute Gasteiger partial charge is 0.418 e. The van der Waals surface area contributed by atoms with E-state index < -0.39 is 26.1 Å². The summed E-state index contributed by atoms with van der Waals surface area (Å²) in [5, 5.41) is 10.2. The lowest BCUT2D eigenvalue weighted by molar-refractivity contribution is -0.199. The van der Waals surface area contributed by atoms with Crippen molar-refractivity contribution >= 4 is 25.3 Å². The molecule has 9 rings (SSSR count). The highest BCUT2D eigenvalue weighted by molar-refractivity contribution is 7.42. The highest BCUT2D eigenvalue weighted by Gasteiger charge is 2.67. The predicted molar refractivity (Wildman–Crippen MR) is 193 cm³/mol. The molecule has 6 atom stereocenters. The molecular weight excluding hydrogens is 649 g/mol. The Hall–Kier alpha value is -3.52. The quantitative estimate of drug-likeness (QED) is 0.140. The largest absolute Gasteiger partial charge is 0.463 e. The Bertz CT molecular complexity index is 1830. The van der Waals surface area contributed by atoms with E-state index in [9.17, 15) is 4.79 Å². The number of aromatic nitrogens is 1. The number of ether oxygens (including phenoxy) is 2. The second kappa shape index (κ2) is 13.2. The van der Waals surface area contributed by atoms with E-state index in [1.165, 1.54) is 35.0 Å². The Kier molecular flexibility index (Phi) is 8.89. The van der Waals surface area contributed by atoms with E-state index in [-0.39, 0.29) is 17.8 Å². The molecular formula is C41H46NO7P. The molecule has 262 valence electrons. The van der Waals surface area contributed by atoms with Crippen LogP contribution in [0.25, 0.3) is 10.9 Å². The lowest BCUT2D eigenvalue weighted by Crippen LogP contribution is -2.54. The van der Waals surface area contributed by atoms with Gasteiger partial charge in [-0.1, -0.05) is 61.5 Å². The lowest BCUT2D eigenvalue weighted by Gasteiger charge is -2.57. The first-order chi connectivity index (χ1) is 24.2. The first kappa shape index (κ1) is 33.6. The fraction of sp³-hybridized carbons (Fsp3) is 0.439. The van der Waals surface area contributed by atoms with E-state index in [0.29, 0.717) is 42.3 Å². The van der Waals surface area contributed by atoms with Gasteiger partial charge in [0.25, 0.3) is 0 Å². The molecule has 9 heteroatoms. The number of hydrogen-bond donors (Lipinski definition) is 2. The summed E-state index contributed by atoms with van der Waals surface area (Å²) in [5.74, 6) is 2.34. The number of fused-ring (bicyclic) bond motifs is 9. The van der Waals surface area contributed by atoms with Crippen LogP contribution in [0.1, 0.15) is 70.1 Å². The molecule has 2 N–H and O–H groups in total. The topological polar surface area (TPSA) is 99.2 Å². The second-order valence-electron chi connectivity index (χ2n) is 15.0. The van der Waals surface area contributed by atoms with Gasteiger partial charge in [-0.3, -0.25) is 9.32 Å². The van der Waals surface area contributed by atoms with Crippen molar-refractivity contribution in [3.63, 3.8) is 0 Å². The highest BCUT2D eigenvalue weighted by Crippen LogP contribution is 2.68. The number of aromatic amines is 1. The van der Waals surface area contributed by atoms with Gasteiger partial charge in [-0.25, -0.2) is 0 Å². The van der Waals surface area contributed by atoms with E-state index >= 15 is 0 Å². The van der Waals surface area contributed by atoms with Gasteiger partial charge in [0.2, 0.25) is 0 Å². The third-order valence-electron chi connectivity index (χ3n) is 11.5. The molecule has 5 aliphatic rings. The maximum Gasteiger partial charge on any atom is 0.463 e. The van der Waals surface area contributed by atoms with Crippen LogP contribution in [0.4, 0.5) is 0 Å². The van der Waals surface area contributed by atoms with Crippen LogP contribution in [0.15, 0.2) is 96.6 Å². The summed E-state index contributed by atoms with van der Waals surface area (Å²) in [5.41, 5.74) is 4.95. The molecule has 2 bridgehead atoms. The molecule has 3 heterocycles. The minimum Gasteiger partial charge on any atom is -0.418 e. The maximum atomic E-state index is 13.0. The summed E-state index contributed by atoms with van der Waals surface area (Å²) in [6, 6.07) is 27.5. The Morgan fingerprint density at radius 2 is 1.58 bits per heavy atom. The number of nitrogens with one attached hydrogen (secondary N) is 1. The number of hydrogen-bond acceptors (Lipinski definition) is 7. The molecule has 2 aliphatic heterocycles. The molecule has 4 aromatic rings. The second-order valence-corrected chi connectivity index (χ2v) is 16.1. The van der Waals surface area contributed by atoms with Gasteiger partial charge in [0, 0.05) is 35.5 Å². The number of aliphatic hydroxyl groups is 1. The normalized spacial score (nSPS) is 30.0. The molecule has 50 heavy (non-hydrogen) atoms. The van der Waals surface area contributed by atoms with E-state index in [1.54, 1.807) is 0 Å². The van der Waals surface area contributed by atoms with Crippen LogP contribution in [-0.2, 0) is 25.2 Å². The van der Waals surface area contributed by atoms with Crippen LogP contribution in [0.5, 0.6) is 11.5 Å². The zero-order valence-corrected chi connectivity index (χ0v) is 29.9. The minimum atomic E-state index is -1.54. The first-order valence-corrected chi connectivity index (χ1v) is 19.0. The third kappa shape index (κ3) is 5.89. The lowest BCUT2D eigenvalue weighted by atomic mass is 9.50. The van der Waals surface area contributed by atoms with Gasteiger partial charge in [-0.15, -0.1) is 0 Å². The zero-order valence-electron chi connectivity index (χ0n) is 29.0. The number of benzene rings is 3. The van der Waals surface area contributed by atoms with E-state index in [1.807, 2.05) is 80.6 Å². The monoisotopic (exact) mass is 695 g/mol. The van der Waals surface area contributed by atoms with Crippen LogP contribution in [-0.4, -0.2) is 46.6 Å². The number of para-hydroxylation sites is 3. The van der Waals surface area contributed by atoms with Crippen molar-refractivity contribution < 1.29 is 32.9 Å². The van der Waals surface area contributed by atoms with Crippen LogP contribution in [0, 0.1) is 17.3 Å². The Morgan fingerprint density at radius 1 is 0.900 bits per heavy atom. The van der Waals surface area contributed by atoms with Gasteiger partial charge in [0.1, 0.15) is 17.1 Å². The Balaban J connectivity index is 0.000000158. The molecule has 0 radical (unpaired) electrons. The summed E-state index contributed by atoms with van der Waals surface area (Å²) >= 11 is 0. The number of carbonyl (C=O) groups excluding carboxylic acids is 1. The van der Waals surface area contributed by atoms with E-state index in [0.717, 1.165) is 24.8 Å². The van der Waals surface area contributed by atoms with Gasteiger partial charge in [-0.2, -0.15) is 0 Å². The standard InChI is InChI=1S/C26H29NO3.C15H17O4P/c1-24(2)23-20(28)13-18-17-9-8-14-12-16-15-6-4-5-7-19(15)27-22(16)21(14)25(17,3)10-11-26(18,29-23)30-24;16-12-7-13-17-20(18-14-8-3-1-4-9-14)19-15-10-5-2-6-11-15/h4-7,13-14,17,21,23,27H,8-12H2,1-3H3;1-6,8-11,16H,7,12-13H2.